The van der Waals surface area contributed by atoms with Crippen LogP contribution in [0.25, 0.3) is 0 Å². The standard InChI is InChI=1S/C12H17N3O/c1-4-5-8-13-11-7-6-10(9-14-11)12(16)15(2)3/h4,6-7,9H,1,5,8H2,2-3H3,(H,13,14). The van der Waals surface area contributed by atoms with Crippen molar-refractivity contribution < 1.29 is 4.79 Å². The van der Waals surface area contributed by atoms with Gasteiger partial charge in [0.15, 0.2) is 0 Å². The average Bonchev–Trinajstić information content (AvgIpc) is 2.29. The number of hydrogen-bond donors (Lipinski definition) is 1. The summed E-state index contributed by atoms with van der Waals surface area (Å²) >= 11 is 0. The van der Waals surface area contributed by atoms with Gasteiger partial charge in [0.1, 0.15) is 5.82 Å². The predicted molar refractivity (Wildman–Crippen MR) is 65.6 cm³/mol. The number of anilines is 1. The van der Waals surface area contributed by atoms with E-state index in [0.29, 0.717) is 5.56 Å². The van der Waals surface area contributed by atoms with Crippen LogP contribution in [-0.2, 0) is 0 Å². The zero-order valence-corrected chi connectivity index (χ0v) is 9.73. The van der Waals surface area contributed by atoms with Crippen molar-refractivity contribution in [3.05, 3.63) is 36.5 Å². The van der Waals surface area contributed by atoms with Gasteiger partial charge in [0.2, 0.25) is 0 Å². The van der Waals surface area contributed by atoms with Gasteiger partial charge in [0.25, 0.3) is 5.91 Å². The van der Waals surface area contributed by atoms with Gasteiger partial charge in [-0.1, -0.05) is 6.08 Å². The van der Waals surface area contributed by atoms with Crippen LogP contribution in [0.2, 0.25) is 0 Å². The van der Waals surface area contributed by atoms with Crippen molar-refractivity contribution in [1.29, 1.82) is 0 Å². The molecular formula is C12H17N3O. The maximum Gasteiger partial charge on any atom is 0.254 e. The molecule has 1 rings (SSSR count). The van der Waals surface area contributed by atoms with Gasteiger partial charge in [-0.15, -0.1) is 6.58 Å². The second kappa shape index (κ2) is 5.90. The van der Waals surface area contributed by atoms with Crippen LogP contribution >= 0.6 is 0 Å². The second-order valence-electron chi connectivity index (χ2n) is 3.64. The Bertz CT molecular complexity index is 357. The molecule has 0 spiro atoms. The monoisotopic (exact) mass is 219 g/mol. The first kappa shape index (κ1) is 12.2. The lowest BCUT2D eigenvalue weighted by Gasteiger charge is -2.10. The van der Waals surface area contributed by atoms with Gasteiger partial charge in [-0.25, -0.2) is 4.98 Å². The van der Waals surface area contributed by atoms with Gasteiger partial charge in [-0.3, -0.25) is 4.79 Å². The first-order valence-corrected chi connectivity index (χ1v) is 5.17. The number of hydrogen-bond acceptors (Lipinski definition) is 3. The summed E-state index contributed by atoms with van der Waals surface area (Å²) in [7, 11) is 3.44. The van der Waals surface area contributed by atoms with Crippen LogP contribution in [0, 0.1) is 0 Å². The highest BCUT2D eigenvalue weighted by Gasteiger charge is 2.07. The maximum absolute atomic E-state index is 11.6. The summed E-state index contributed by atoms with van der Waals surface area (Å²) in [4.78, 5) is 17.3. The molecule has 0 aliphatic carbocycles. The summed E-state index contributed by atoms with van der Waals surface area (Å²) in [6, 6.07) is 3.57. The van der Waals surface area contributed by atoms with E-state index < -0.39 is 0 Å². The number of nitrogens with one attached hydrogen (secondary N) is 1. The van der Waals surface area contributed by atoms with Crippen LogP contribution in [0.5, 0.6) is 0 Å². The summed E-state index contributed by atoms with van der Waals surface area (Å²) in [5, 5.41) is 3.13. The molecule has 1 aromatic rings. The van der Waals surface area contributed by atoms with Crippen molar-refractivity contribution in [2.45, 2.75) is 6.42 Å². The van der Waals surface area contributed by atoms with Crippen LogP contribution in [0.15, 0.2) is 31.0 Å². The normalized spacial score (nSPS) is 9.62. The molecule has 0 aromatic carbocycles. The Morgan fingerprint density at radius 2 is 2.31 bits per heavy atom. The third-order valence-electron chi connectivity index (χ3n) is 2.07. The first-order chi connectivity index (χ1) is 7.65. The van der Waals surface area contributed by atoms with Gasteiger partial charge >= 0.3 is 0 Å². The lowest BCUT2D eigenvalue weighted by molar-refractivity contribution is 0.0827. The highest BCUT2D eigenvalue weighted by atomic mass is 16.2. The number of nitrogens with zero attached hydrogens (tertiary/aromatic N) is 2. The topological polar surface area (TPSA) is 45.2 Å². The van der Waals surface area contributed by atoms with Gasteiger partial charge in [-0.2, -0.15) is 0 Å². The minimum Gasteiger partial charge on any atom is -0.370 e. The number of carbonyl (C=O) groups is 1. The summed E-state index contributed by atoms with van der Waals surface area (Å²) in [6.07, 6.45) is 4.32. The molecule has 0 atom stereocenters. The molecular weight excluding hydrogens is 202 g/mol. The third kappa shape index (κ3) is 3.38. The van der Waals surface area contributed by atoms with Crippen molar-refractivity contribution in [2.75, 3.05) is 26.0 Å². The van der Waals surface area contributed by atoms with Gasteiger partial charge in [0.05, 0.1) is 5.56 Å². The largest absolute Gasteiger partial charge is 0.370 e. The Labute approximate surface area is 96.0 Å². The molecule has 86 valence electrons. The van der Waals surface area contributed by atoms with Gasteiger partial charge < -0.3 is 10.2 Å². The molecule has 16 heavy (non-hydrogen) atoms. The SMILES string of the molecule is C=CCCNc1ccc(C(=O)N(C)C)cn1. The van der Waals surface area contributed by atoms with E-state index >= 15 is 0 Å². The minimum absolute atomic E-state index is 0.0369. The summed E-state index contributed by atoms with van der Waals surface area (Å²) in [6.45, 7) is 4.44. The van der Waals surface area contributed by atoms with Gasteiger partial charge in [0, 0.05) is 26.8 Å². The fourth-order valence-corrected chi connectivity index (χ4v) is 1.19. The number of aromatic nitrogens is 1. The van der Waals surface area contributed by atoms with Crippen LogP contribution in [0.1, 0.15) is 16.8 Å². The molecule has 0 unspecified atom stereocenters. The highest BCUT2D eigenvalue weighted by molar-refractivity contribution is 5.93. The zero-order valence-electron chi connectivity index (χ0n) is 9.73. The Morgan fingerprint density at radius 3 is 2.81 bits per heavy atom. The molecule has 4 nitrogen and oxygen atoms in total. The molecule has 0 saturated heterocycles. The summed E-state index contributed by atoms with van der Waals surface area (Å²) in [5.74, 6) is 0.738. The van der Waals surface area contributed by atoms with Crippen molar-refractivity contribution in [3.8, 4) is 0 Å². The first-order valence-electron chi connectivity index (χ1n) is 5.17. The predicted octanol–water partition coefficient (Wildman–Crippen LogP) is 1.77. The Kier molecular flexibility index (Phi) is 4.51. The number of pyridine rings is 1. The van der Waals surface area contributed by atoms with Crippen LogP contribution in [-0.4, -0.2) is 36.4 Å². The van der Waals surface area contributed by atoms with Crippen molar-refractivity contribution in [3.63, 3.8) is 0 Å². The molecule has 4 heteroatoms. The average molecular weight is 219 g/mol. The van der Waals surface area contributed by atoms with Crippen molar-refractivity contribution in [1.82, 2.24) is 9.88 Å². The van der Waals surface area contributed by atoms with E-state index in [1.54, 1.807) is 32.4 Å². The van der Waals surface area contributed by atoms with Crippen LogP contribution in [0.3, 0.4) is 0 Å². The van der Waals surface area contributed by atoms with E-state index in [1.165, 1.54) is 4.90 Å². The molecule has 0 aliphatic rings. The van der Waals surface area contributed by atoms with Crippen LogP contribution in [0.4, 0.5) is 5.82 Å². The third-order valence-corrected chi connectivity index (χ3v) is 2.07. The van der Waals surface area contributed by atoms with E-state index in [2.05, 4.69) is 16.9 Å². The second-order valence-corrected chi connectivity index (χ2v) is 3.64. The summed E-state index contributed by atoms with van der Waals surface area (Å²) in [5.41, 5.74) is 0.597. The number of rotatable bonds is 5. The molecule has 0 bridgehead atoms. The maximum atomic E-state index is 11.6. The van der Waals surface area contributed by atoms with E-state index in [4.69, 9.17) is 0 Å². The lowest BCUT2D eigenvalue weighted by atomic mass is 10.2. The quantitative estimate of drug-likeness (QED) is 0.606. The van der Waals surface area contributed by atoms with E-state index in [-0.39, 0.29) is 5.91 Å². The molecule has 0 fully saturated rings. The molecule has 1 aromatic heterocycles. The van der Waals surface area contributed by atoms with E-state index in [9.17, 15) is 4.79 Å². The Balaban J connectivity index is 2.60. The molecule has 0 aliphatic heterocycles. The highest BCUT2D eigenvalue weighted by Crippen LogP contribution is 2.06. The Morgan fingerprint density at radius 1 is 1.56 bits per heavy atom. The molecule has 0 saturated carbocycles. The number of amides is 1. The summed E-state index contributed by atoms with van der Waals surface area (Å²) < 4.78 is 0. The molecule has 1 N–H and O–H groups in total. The number of carbonyl (C=O) groups excluding carboxylic acids is 1. The fourth-order valence-electron chi connectivity index (χ4n) is 1.19. The molecule has 1 heterocycles. The fraction of sp³-hybridized carbons (Fsp3) is 0.333. The zero-order chi connectivity index (χ0) is 12.0. The molecule has 0 radical (unpaired) electrons. The smallest absolute Gasteiger partial charge is 0.254 e. The van der Waals surface area contributed by atoms with Crippen molar-refractivity contribution >= 4 is 11.7 Å². The van der Waals surface area contributed by atoms with Crippen molar-refractivity contribution in [2.24, 2.45) is 0 Å². The lowest BCUT2D eigenvalue weighted by Crippen LogP contribution is -2.21. The Hall–Kier alpha value is -1.84. The minimum atomic E-state index is -0.0369. The molecule has 1 amide bonds. The van der Waals surface area contributed by atoms with E-state index in [0.717, 1.165) is 18.8 Å². The van der Waals surface area contributed by atoms with Crippen LogP contribution < -0.4 is 5.32 Å². The van der Waals surface area contributed by atoms with E-state index in [1.807, 2.05) is 6.08 Å². The van der Waals surface area contributed by atoms with Gasteiger partial charge in [-0.05, 0) is 18.6 Å².